The first-order valence-corrected chi connectivity index (χ1v) is 8.01. The van der Waals surface area contributed by atoms with Crippen LogP contribution in [0, 0.1) is 5.92 Å². The van der Waals surface area contributed by atoms with Crippen molar-refractivity contribution < 1.29 is 0 Å². The minimum absolute atomic E-state index is 1.00. The molecule has 0 aromatic rings. The summed E-state index contributed by atoms with van der Waals surface area (Å²) >= 11 is 0. The topological polar surface area (TPSA) is 0 Å². The van der Waals surface area contributed by atoms with Crippen molar-refractivity contribution in [2.24, 2.45) is 5.92 Å². The van der Waals surface area contributed by atoms with E-state index >= 15 is 0 Å². The average molecular weight is 206 g/mol. The molecule has 0 radical (unpaired) electrons. The molecule has 3 unspecified atom stereocenters. The summed E-state index contributed by atoms with van der Waals surface area (Å²) in [6.07, 6.45) is 5.84. The molecular weight excluding hydrogens is 192 g/mol. The lowest BCUT2D eigenvalue weighted by atomic mass is 10.0. The fourth-order valence-corrected chi connectivity index (χ4v) is 8.66. The molecule has 0 nitrogen and oxygen atoms in total. The van der Waals surface area contributed by atoms with Gasteiger partial charge in [-0.1, -0.05) is 34.9 Å². The van der Waals surface area contributed by atoms with Gasteiger partial charge in [0.1, 0.15) is 0 Å². The van der Waals surface area contributed by atoms with Gasteiger partial charge in [0, 0.05) is 10.5 Å². The molecule has 0 aromatic carbocycles. The van der Waals surface area contributed by atoms with E-state index in [-0.39, 0.29) is 0 Å². The molecular formula is C8H14S3. The highest BCUT2D eigenvalue weighted by Gasteiger charge is 2.40. The lowest BCUT2D eigenvalue weighted by molar-refractivity contribution is 0.508. The van der Waals surface area contributed by atoms with Gasteiger partial charge < -0.3 is 0 Å². The molecule has 1 aliphatic carbocycles. The van der Waals surface area contributed by atoms with Crippen molar-refractivity contribution in [2.75, 3.05) is 0 Å². The summed E-state index contributed by atoms with van der Waals surface area (Å²) in [5.41, 5.74) is 0. The Hall–Kier alpha value is 1.05. The van der Waals surface area contributed by atoms with Gasteiger partial charge in [-0.15, -0.1) is 0 Å². The molecule has 2 fully saturated rings. The third-order valence-electron chi connectivity index (χ3n) is 2.63. The molecule has 2 rings (SSSR count). The van der Waals surface area contributed by atoms with Crippen molar-refractivity contribution >= 4 is 31.4 Å². The largest absolute Gasteiger partial charge is 0.0779 e. The van der Waals surface area contributed by atoms with Gasteiger partial charge in [-0.3, -0.25) is 0 Å². The Morgan fingerprint density at radius 3 is 3.00 bits per heavy atom. The molecule has 3 heteroatoms. The van der Waals surface area contributed by atoms with Crippen LogP contribution < -0.4 is 0 Å². The zero-order chi connectivity index (χ0) is 7.68. The SMILES string of the molecule is CCCC1CCC2SSSC12. The molecule has 1 heterocycles. The summed E-state index contributed by atoms with van der Waals surface area (Å²) < 4.78 is 0. The molecule has 0 N–H and O–H groups in total. The summed E-state index contributed by atoms with van der Waals surface area (Å²) in [6, 6.07) is 0. The van der Waals surface area contributed by atoms with Gasteiger partial charge in [0.25, 0.3) is 0 Å². The lowest BCUT2D eigenvalue weighted by Gasteiger charge is -2.14. The van der Waals surface area contributed by atoms with Gasteiger partial charge in [-0.05, 0) is 35.0 Å². The van der Waals surface area contributed by atoms with E-state index in [2.05, 4.69) is 28.5 Å². The van der Waals surface area contributed by atoms with Crippen LogP contribution in [0.25, 0.3) is 0 Å². The summed E-state index contributed by atoms with van der Waals surface area (Å²) in [5, 5.41) is 2.01. The summed E-state index contributed by atoms with van der Waals surface area (Å²) in [5.74, 6) is 1.05. The van der Waals surface area contributed by atoms with Gasteiger partial charge in [0.05, 0.1) is 0 Å². The minimum atomic E-state index is 1.00. The first-order chi connectivity index (χ1) is 5.42. The van der Waals surface area contributed by atoms with Crippen molar-refractivity contribution in [3.8, 4) is 0 Å². The maximum absolute atomic E-state index is 2.31. The third-order valence-corrected chi connectivity index (χ3v) is 7.96. The second-order valence-corrected chi connectivity index (χ2v) is 7.85. The molecule has 2 aliphatic rings. The van der Waals surface area contributed by atoms with E-state index in [0.717, 1.165) is 16.4 Å². The standard InChI is InChI=1S/C8H14S3/c1-2-3-6-4-5-7-8(6)10-11-9-7/h6-8H,2-5H2,1H3. The van der Waals surface area contributed by atoms with Crippen molar-refractivity contribution in [3.63, 3.8) is 0 Å². The molecule has 11 heavy (non-hydrogen) atoms. The Balaban J connectivity index is 1.92. The molecule has 0 spiro atoms. The molecule has 64 valence electrons. The third kappa shape index (κ3) is 1.70. The molecule has 3 atom stereocenters. The molecule has 0 aromatic heterocycles. The fourth-order valence-electron chi connectivity index (χ4n) is 2.05. The summed E-state index contributed by atoms with van der Waals surface area (Å²) in [4.78, 5) is 0. The molecule has 1 saturated heterocycles. The number of hydrogen-bond donors (Lipinski definition) is 0. The Labute approximate surface area is 80.5 Å². The molecule has 0 bridgehead atoms. The van der Waals surface area contributed by atoms with E-state index in [1.807, 2.05) is 9.83 Å². The molecule has 1 saturated carbocycles. The van der Waals surface area contributed by atoms with Crippen LogP contribution in [0.5, 0.6) is 0 Å². The van der Waals surface area contributed by atoms with Crippen LogP contribution in [0.2, 0.25) is 0 Å². The normalized spacial score (nSPS) is 42.8. The fraction of sp³-hybridized carbons (Fsp3) is 1.00. The first kappa shape index (κ1) is 8.64. The van der Waals surface area contributed by atoms with Gasteiger partial charge in [-0.25, -0.2) is 0 Å². The van der Waals surface area contributed by atoms with Crippen molar-refractivity contribution in [1.29, 1.82) is 0 Å². The van der Waals surface area contributed by atoms with Crippen LogP contribution in [-0.4, -0.2) is 10.5 Å². The number of fused-ring (bicyclic) bond motifs is 1. The predicted molar refractivity (Wildman–Crippen MR) is 58.0 cm³/mol. The van der Waals surface area contributed by atoms with Gasteiger partial charge in [-0.2, -0.15) is 0 Å². The Bertz CT molecular complexity index is 135. The highest BCUT2D eigenvalue weighted by molar-refractivity contribution is 9.11. The van der Waals surface area contributed by atoms with E-state index < -0.39 is 0 Å². The van der Waals surface area contributed by atoms with E-state index in [0.29, 0.717) is 0 Å². The van der Waals surface area contributed by atoms with Crippen LogP contribution in [0.1, 0.15) is 32.6 Å². The Morgan fingerprint density at radius 1 is 1.27 bits per heavy atom. The quantitative estimate of drug-likeness (QED) is 0.627. The zero-order valence-corrected chi connectivity index (χ0v) is 9.23. The monoisotopic (exact) mass is 206 g/mol. The van der Waals surface area contributed by atoms with E-state index in [9.17, 15) is 0 Å². The number of hydrogen-bond acceptors (Lipinski definition) is 3. The van der Waals surface area contributed by atoms with E-state index in [4.69, 9.17) is 0 Å². The molecule has 0 amide bonds. The van der Waals surface area contributed by atoms with Crippen LogP contribution in [0.15, 0.2) is 0 Å². The average Bonchev–Trinajstić information content (AvgIpc) is 2.53. The summed E-state index contributed by atoms with van der Waals surface area (Å²) in [6.45, 7) is 2.31. The van der Waals surface area contributed by atoms with Crippen LogP contribution in [0.4, 0.5) is 0 Å². The second-order valence-electron chi connectivity index (χ2n) is 3.39. The Morgan fingerprint density at radius 2 is 2.18 bits per heavy atom. The maximum Gasteiger partial charge on any atom is 0.0315 e. The van der Waals surface area contributed by atoms with Crippen LogP contribution in [0.3, 0.4) is 0 Å². The predicted octanol–water partition coefficient (Wildman–Crippen LogP) is 3.98. The van der Waals surface area contributed by atoms with Gasteiger partial charge in [0.15, 0.2) is 0 Å². The van der Waals surface area contributed by atoms with Crippen molar-refractivity contribution in [2.45, 2.75) is 43.1 Å². The summed E-state index contributed by atoms with van der Waals surface area (Å²) in [7, 11) is 6.29. The van der Waals surface area contributed by atoms with Crippen LogP contribution >= 0.6 is 31.4 Å². The highest BCUT2D eigenvalue weighted by atomic mass is 33.5. The van der Waals surface area contributed by atoms with E-state index in [1.165, 1.54) is 25.7 Å². The second kappa shape index (κ2) is 3.84. The number of rotatable bonds is 2. The lowest BCUT2D eigenvalue weighted by Crippen LogP contribution is -2.14. The maximum atomic E-state index is 2.31. The van der Waals surface area contributed by atoms with Crippen LogP contribution in [-0.2, 0) is 0 Å². The van der Waals surface area contributed by atoms with Crippen molar-refractivity contribution in [1.82, 2.24) is 0 Å². The van der Waals surface area contributed by atoms with Crippen molar-refractivity contribution in [3.05, 3.63) is 0 Å². The molecule has 1 aliphatic heterocycles. The van der Waals surface area contributed by atoms with Gasteiger partial charge >= 0.3 is 0 Å². The zero-order valence-electron chi connectivity index (χ0n) is 6.79. The smallest absolute Gasteiger partial charge is 0.0315 e. The minimum Gasteiger partial charge on any atom is -0.0779 e. The van der Waals surface area contributed by atoms with Gasteiger partial charge in [0.2, 0.25) is 0 Å². The first-order valence-electron chi connectivity index (χ1n) is 4.40. The Kier molecular flexibility index (Phi) is 3.02. The van der Waals surface area contributed by atoms with E-state index in [1.54, 1.807) is 0 Å². The highest BCUT2D eigenvalue weighted by Crippen LogP contribution is 2.60.